The van der Waals surface area contributed by atoms with Crippen LogP contribution < -0.4 is 0 Å². The Balaban J connectivity index is 5.11. The van der Waals surface area contributed by atoms with Crippen LogP contribution in [-0.2, 0) is 28.6 Å². The van der Waals surface area contributed by atoms with Gasteiger partial charge in [-0.15, -0.1) is 0 Å². The number of unbranched alkanes of at least 4 members (excludes halogenated alkanes) is 1. The molecule has 0 amide bonds. The van der Waals surface area contributed by atoms with E-state index in [1.165, 1.54) is 7.11 Å². The molecule has 0 aromatic carbocycles. The summed E-state index contributed by atoms with van der Waals surface area (Å²) >= 11 is 0. The number of carbonyl (C=O) groups is 3. The third-order valence-corrected chi connectivity index (χ3v) is 3.14. The Morgan fingerprint density at radius 3 is 2.00 bits per heavy atom. The minimum Gasteiger partial charge on any atom is -0.469 e. The van der Waals surface area contributed by atoms with Crippen LogP contribution in [0, 0.1) is 11.8 Å². The molecule has 0 saturated heterocycles. The van der Waals surface area contributed by atoms with Gasteiger partial charge in [-0.25, -0.2) is 0 Å². The molecule has 0 saturated carbocycles. The van der Waals surface area contributed by atoms with Gasteiger partial charge in [0.15, 0.2) is 0 Å². The SMILES string of the molecule is CCCCC(C(=O)OC)C(CC(=O)OCC)C(=O)OCC. The summed E-state index contributed by atoms with van der Waals surface area (Å²) in [5.41, 5.74) is 0. The van der Waals surface area contributed by atoms with E-state index in [0.29, 0.717) is 6.42 Å². The van der Waals surface area contributed by atoms with E-state index < -0.39 is 29.7 Å². The summed E-state index contributed by atoms with van der Waals surface area (Å²) in [6.45, 7) is 5.77. The Kier molecular flexibility index (Phi) is 10.3. The second-order valence-electron chi connectivity index (χ2n) is 4.64. The molecular formula is C15H26O6. The molecule has 6 heteroatoms. The Labute approximate surface area is 126 Å². The molecule has 122 valence electrons. The van der Waals surface area contributed by atoms with Gasteiger partial charge in [0.2, 0.25) is 0 Å². The quantitative estimate of drug-likeness (QED) is 0.454. The molecule has 0 aliphatic carbocycles. The molecular weight excluding hydrogens is 276 g/mol. The molecule has 2 unspecified atom stereocenters. The van der Waals surface area contributed by atoms with Crippen LogP contribution in [0.3, 0.4) is 0 Å². The minimum absolute atomic E-state index is 0.170. The van der Waals surface area contributed by atoms with Crippen LogP contribution in [0.4, 0.5) is 0 Å². The molecule has 6 nitrogen and oxygen atoms in total. The van der Waals surface area contributed by atoms with Gasteiger partial charge in [-0.1, -0.05) is 19.8 Å². The number of ether oxygens (including phenoxy) is 3. The zero-order chi connectivity index (χ0) is 16.3. The monoisotopic (exact) mass is 302 g/mol. The van der Waals surface area contributed by atoms with E-state index in [1.807, 2.05) is 6.92 Å². The maximum absolute atomic E-state index is 12.1. The van der Waals surface area contributed by atoms with Gasteiger partial charge in [0, 0.05) is 0 Å². The molecule has 0 fully saturated rings. The first-order valence-electron chi connectivity index (χ1n) is 7.41. The first-order valence-corrected chi connectivity index (χ1v) is 7.41. The van der Waals surface area contributed by atoms with Crippen molar-refractivity contribution >= 4 is 17.9 Å². The number of hydrogen-bond donors (Lipinski definition) is 0. The maximum Gasteiger partial charge on any atom is 0.310 e. The highest BCUT2D eigenvalue weighted by Gasteiger charge is 2.37. The van der Waals surface area contributed by atoms with Crippen LogP contribution in [0.5, 0.6) is 0 Å². The molecule has 0 bridgehead atoms. The maximum atomic E-state index is 12.1. The Morgan fingerprint density at radius 2 is 1.52 bits per heavy atom. The molecule has 0 aliphatic rings. The average molecular weight is 302 g/mol. The Hall–Kier alpha value is -1.59. The molecule has 0 rings (SSSR count). The van der Waals surface area contributed by atoms with Crippen molar-refractivity contribution in [3.05, 3.63) is 0 Å². The number of hydrogen-bond acceptors (Lipinski definition) is 6. The summed E-state index contributed by atoms with van der Waals surface area (Å²) in [4.78, 5) is 35.7. The summed E-state index contributed by atoms with van der Waals surface area (Å²) in [5.74, 6) is -3.11. The molecule has 0 spiro atoms. The summed E-state index contributed by atoms with van der Waals surface area (Å²) in [6.07, 6.45) is 1.95. The van der Waals surface area contributed by atoms with Crippen LogP contribution in [0.1, 0.15) is 46.5 Å². The first kappa shape index (κ1) is 19.4. The van der Waals surface area contributed by atoms with Crippen molar-refractivity contribution in [1.82, 2.24) is 0 Å². The fourth-order valence-corrected chi connectivity index (χ4v) is 2.10. The van der Waals surface area contributed by atoms with E-state index in [-0.39, 0.29) is 19.6 Å². The van der Waals surface area contributed by atoms with E-state index in [2.05, 4.69) is 0 Å². The first-order chi connectivity index (χ1) is 10.0. The van der Waals surface area contributed by atoms with Crippen molar-refractivity contribution in [1.29, 1.82) is 0 Å². The van der Waals surface area contributed by atoms with Gasteiger partial charge in [0.05, 0.1) is 38.6 Å². The largest absolute Gasteiger partial charge is 0.469 e. The zero-order valence-electron chi connectivity index (χ0n) is 13.3. The highest BCUT2D eigenvalue weighted by Crippen LogP contribution is 2.25. The van der Waals surface area contributed by atoms with E-state index >= 15 is 0 Å². The van der Waals surface area contributed by atoms with Crippen molar-refractivity contribution in [3.63, 3.8) is 0 Å². The molecule has 0 N–H and O–H groups in total. The third-order valence-electron chi connectivity index (χ3n) is 3.14. The lowest BCUT2D eigenvalue weighted by Gasteiger charge is -2.23. The fourth-order valence-electron chi connectivity index (χ4n) is 2.10. The second-order valence-corrected chi connectivity index (χ2v) is 4.64. The van der Waals surface area contributed by atoms with Crippen LogP contribution >= 0.6 is 0 Å². The summed E-state index contributed by atoms with van der Waals surface area (Å²) in [6, 6.07) is 0. The van der Waals surface area contributed by atoms with Gasteiger partial charge in [-0.05, 0) is 20.3 Å². The van der Waals surface area contributed by atoms with Crippen molar-refractivity contribution in [3.8, 4) is 0 Å². The topological polar surface area (TPSA) is 78.9 Å². The van der Waals surface area contributed by atoms with E-state index in [9.17, 15) is 14.4 Å². The summed E-state index contributed by atoms with van der Waals surface area (Å²) in [5, 5.41) is 0. The number of methoxy groups -OCH3 is 1. The van der Waals surface area contributed by atoms with Gasteiger partial charge in [0.1, 0.15) is 0 Å². The Bertz CT molecular complexity index is 339. The third kappa shape index (κ3) is 7.11. The molecule has 0 aromatic heterocycles. The fraction of sp³-hybridized carbons (Fsp3) is 0.800. The predicted octanol–water partition coefficient (Wildman–Crippen LogP) is 2.10. The lowest BCUT2D eigenvalue weighted by Crippen LogP contribution is -2.34. The van der Waals surface area contributed by atoms with Crippen LogP contribution in [0.25, 0.3) is 0 Å². The minimum atomic E-state index is -0.858. The van der Waals surface area contributed by atoms with Gasteiger partial charge < -0.3 is 14.2 Å². The van der Waals surface area contributed by atoms with Gasteiger partial charge in [0.25, 0.3) is 0 Å². The van der Waals surface area contributed by atoms with Crippen LogP contribution in [0.15, 0.2) is 0 Å². The zero-order valence-corrected chi connectivity index (χ0v) is 13.3. The smallest absolute Gasteiger partial charge is 0.310 e. The second kappa shape index (κ2) is 11.1. The average Bonchev–Trinajstić information content (AvgIpc) is 2.46. The standard InChI is InChI=1S/C15H26O6/c1-5-8-9-11(14(17)19-4)12(15(18)21-7-3)10-13(16)20-6-2/h11-12H,5-10H2,1-4H3. The molecule has 21 heavy (non-hydrogen) atoms. The van der Waals surface area contributed by atoms with Gasteiger partial charge >= 0.3 is 17.9 Å². The number of carbonyl (C=O) groups excluding carboxylic acids is 3. The molecule has 0 radical (unpaired) electrons. The van der Waals surface area contributed by atoms with Crippen molar-refractivity contribution < 1.29 is 28.6 Å². The Morgan fingerprint density at radius 1 is 0.905 bits per heavy atom. The van der Waals surface area contributed by atoms with Crippen molar-refractivity contribution in [2.24, 2.45) is 11.8 Å². The lowest BCUT2D eigenvalue weighted by molar-refractivity contribution is -0.163. The molecule has 2 atom stereocenters. The van der Waals surface area contributed by atoms with E-state index in [0.717, 1.165) is 12.8 Å². The number of esters is 3. The van der Waals surface area contributed by atoms with Crippen LogP contribution in [-0.4, -0.2) is 38.2 Å². The van der Waals surface area contributed by atoms with Crippen molar-refractivity contribution in [2.75, 3.05) is 20.3 Å². The van der Waals surface area contributed by atoms with Gasteiger partial charge in [-0.2, -0.15) is 0 Å². The highest BCUT2D eigenvalue weighted by atomic mass is 16.5. The predicted molar refractivity (Wildman–Crippen MR) is 76.4 cm³/mol. The molecule has 0 aliphatic heterocycles. The van der Waals surface area contributed by atoms with Gasteiger partial charge in [-0.3, -0.25) is 14.4 Å². The summed E-state index contributed by atoms with van der Waals surface area (Å²) in [7, 11) is 1.27. The van der Waals surface area contributed by atoms with Crippen molar-refractivity contribution in [2.45, 2.75) is 46.5 Å². The van der Waals surface area contributed by atoms with E-state index in [4.69, 9.17) is 14.2 Å². The highest BCUT2D eigenvalue weighted by molar-refractivity contribution is 5.85. The molecule has 0 aromatic rings. The number of rotatable bonds is 10. The van der Waals surface area contributed by atoms with Crippen LogP contribution in [0.2, 0.25) is 0 Å². The summed E-state index contributed by atoms with van der Waals surface area (Å²) < 4.78 is 14.6. The molecule has 0 heterocycles. The normalized spacial score (nSPS) is 13.1. The lowest BCUT2D eigenvalue weighted by atomic mass is 9.85. The van der Waals surface area contributed by atoms with E-state index in [1.54, 1.807) is 13.8 Å².